The molecule has 0 aromatic heterocycles. The number of hydrogen-bond donors (Lipinski definition) is 0. The Labute approximate surface area is 132 Å². The highest BCUT2D eigenvalue weighted by atomic mass is 19.3. The Morgan fingerprint density at radius 3 is 2.52 bits per heavy atom. The fourth-order valence-electron chi connectivity index (χ4n) is 1.89. The molecule has 0 amide bonds. The van der Waals surface area contributed by atoms with Gasteiger partial charge in [0.05, 0.1) is 0 Å². The van der Waals surface area contributed by atoms with E-state index in [2.05, 4.69) is 11.7 Å². The van der Waals surface area contributed by atoms with E-state index in [1.165, 1.54) is 6.07 Å². The number of carbonyl (C=O) groups is 1. The predicted molar refractivity (Wildman–Crippen MR) is 77.2 cm³/mol. The summed E-state index contributed by atoms with van der Waals surface area (Å²) in [6.45, 7) is 0.365. The van der Waals surface area contributed by atoms with Crippen LogP contribution in [0.25, 0.3) is 0 Å². The Hall–Kier alpha value is -1.79. The molecule has 0 heterocycles. The minimum Gasteiger partial charge on any atom is -0.427 e. The normalized spacial score (nSPS) is 11.6. The molecule has 0 saturated carbocycles. The van der Waals surface area contributed by atoms with Crippen molar-refractivity contribution in [1.29, 1.82) is 0 Å². The number of para-hydroxylation sites is 1. The van der Waals surface area contributed by atoms with Gasteiger partial charge in [-0.15, -0.1) is 0 Å². The summed E-state index contributed by atoms with van der Waals surface area (Å²) in [4.78, 5) is 11.4. The third-order valence-corrected chi connectivity index (χ3v) is 3.17. The van der Waals surface area contributed by atoms with E-state index in [-0.39, 0.29) is 5.75 Å². The maximum atomic E-state index is 12.7. The minimum absolute atomic E-state index is 0.189. The fourth-order valence-corrected chi connectivity index (χ4v) is 1.89. The van der Waals surface area contributed by atoms with Gasteiger partial charge in [0.1, 0.15) is 5.75 Å². The first kappa shape index (κ1) is 19.3. The van der Waals surface area contributed by atoms with Gasteiger partial charge in [0, 0.05) is 0 Å². The number of alkyl halides is 4. The molecule has 0 aliphatic heterocycles. The van der Waals surface area contributed by atoms with Crippen LogP contribution in [0.15, 0.2) is 24.3 Å². The second kappa shape index (κ2) is 9.37. The Morgan fingerprint density at radius 2 is 1.87 bits per heavy atom. The van der Waals surface area contributed by atoms with Crippen LogP contribution in [0.2, 0.25) is 0 Å². The van der Waals surface area contributed by atoms with E-state index >= 15 is 0 Å². The number of ether oxygens (including phenoxy) is 2. The van der Waals surface area contributed by atoms with Gasteiger partial charge in [-0.3, -0.25) is 0 Å². The summed E-state index contributed by atoms with van der Waals surface area (Å²) in [6.07, 6.45) is -0.567. The lowest BCUT2D eigenvalue weighted by Crippen LogP contribution is -2.34. The molecule has 3 nitrogen and oxygen atoms in total. The molecule has 0 fully saturated rings. The van der Waals surface area contributed by atoms with Gasteiger partial charge in [0.15, 0.2) is 6.61 Å². The molecule has 0 unspecified atom stereocenters. The van der Waals surface area contributed by atoms with Crippen molar-refractivity contribution in [2.24, 2.45) is 0 Å². The zero-order valence-electron chi connectivity index (χ0n) is 12.9. The summed E-state index contributed by atoms with van der Waals surface area (Å²) in [5.74, 6) is -4.20. The summed E-state index contributed by atoms with van der Waals surface area (Å²) in [5.41, 5.74) is 0.737. The SMILES string of the molecule is CCCCCCc1ccccc1OC(=O)OCC(F)(F)C(F)F. The molecule has 0 bridgehead atoms. The molecule has 0 atom stereocenters. The summed E-state index contributed by atoms with van der Waals surface area (Å²) in [7, 11) is 0. The lowest BCUT2D eigenvalue weighted by molar-refractivity contribution is -0.156. The van der Waals surface area contributed by atoms with Crippen molar-refractivity contribution in [1.82, 2.24) is 0 Å². The molecule has 23 heavy (non-hydrogen) atoms. The molecule has 7 heteroatoms. The number of hydrogen-bond acceptors (Lipinski definition) is 3. The molecule has 1 rings (SSSR count). The highest BCUT2D eigenvalue weighted by Crippen LogP contribution is 2.24. The minimum atomic E-state index is -4.39. The Bertz CT molecular complexity index is 492. The van der Waals surface area contributed by atoms with Gasteiger partial charge >= 0.3 is 18.5 Å². The first-order valence-electron chi connectivity index (χ1n) is 7.45. The Kier molecular flexibility index (Phi) is 7.85. The van der Waals surface area contributed by atoms with E-state index in [9.17, 15) is 22.4 Å². The second-order valence-electron chi connectivity index (χ2n) is 5.12. The number of benzene rings is 1. The van der Waals surface area contributed by atoms with Gasteiger partial charge in [0.25, 0.3) is 0 Å². The van der Waals surface area contributed by atoms with Gasteiger partial charge in [-0.05, 0) is 24.5 Å². The number of unbranched alkanes of at least 4 members (excludes halogenated alkanes) is 3. The first-order chi connectivity index (χ1) is 10.9. The molecule has 0 saturated heterocycles. The highest BCUT2D eigenvalue weighted by molar-refractivity contribution is 5.64. The van der Waals surface area contributed by atoms with Crippen molar-refractivity contribution in [2.75, 3.05) is 6.61 Å². The van der Waals surface area contributed by atoms with Gasteiger partial charge in [-0.1, -0.05) is 44.4 Å². The quantitative estimate of drug-likeness (QED) is 0.268. The monoisotopic (exact) mass is 336 g/mol. The van der Waals surface area contributed by atoms with Gasteiger partial charge in [0.2, 0.25) is 0 Å². The summed E-state index contributed by atoms with van der Waals surface area (Å²) >= 11 is 0. The molecule has 1 aromatic rings. The fraction of sp³-hybridized carbons (Fsp3) is 0.562. The Morgan fingerprint density at radius 1 is 1.17 bits per heavy atom. The molecular weight excluding hydrogens is 316 g/mol. The van der Waals surface area contributed by atoms with E-state index in [1.807, 2.05) is 0 Å². The zero-order valence-corrected chi connectivity index (χ0v) is 12.9. The number of halogens is 4. The van der Waals surface area contributed by atoms with Crippen LogP contribution >= 0.6 is 0 Å². The van der Waals surface area contributed by atoms with Crippen molar-refractivity contribution in [2.45, 2.75) is 51.4 Å². The average Bonchev–Trinajstić information content (AvgIpc) is 2.51. The van der Waals surface area contributed by atoms with Gasteiger partial charge in [-0.2, -0.15) is 8.78 Å². The molecule has 0 N–H and O–H groups in total. The lowest BCUT2D eigenvalue weighted by atomic mass is 10.1. The summed E-state index contributed by atoms with van der Waals surface area (Å²) in [6, 6.07) is 6.63. The van der Waals surface area contributed by atoms with E-state index < -0.39 is 25.1 Å². The maximum absolute atomic E-state index is 12.7. The van der Waals surface area contributed by atoms with E-state index in [0.717, 1.165) is 31.2 Å². The van der Waals surface area contributed by atoms with E-state index in [1.54, 1.807) is 18.2 Å². The largest absolute Gasteiger partial charge is 0.514 e. The van der Waals surface area contributed by atoms with Gasteiger partial charge < -0.3 is 9.47 Å². The molecule has 0 aliphatic carbocycles. The molecule has 0 radical (unpaired) electrons. The van der Waals surface area contributed by atoms with Crippen LogP contribution in [-0.2, 0) is 11.2 Å². The molecule has 1 aromatic carbocycles. The summed E-state index contributed by atoms with van der Waals surface area (Å²) in [5, 5.41) is 0. The second-order valence-corrected chi connectivity index (χ2v) is 5.12. The van der Waals surface area contributed by atoms with E-state index in [4.69, 9.17) is 4.74 Å². The topological polar surface area (TPSA) is 35.5 Å². The molecule has 130 valence electrons. The Balaban J connectivity index is 2.54. The van der Waals surface area contributed by atoms with Crippen LogP contribution in [0.4, 0.5) is 22.4 Å². The van der Waals surface area contributed by atoms with Crippen molar-refractivity contribution < 1.29 is 31.8 Å². The lowest BCUT2D eigenvalue weighted by Gasteiger charge is -2.15. The molecule has 0 spiro atoms. The average molecular weight is 336 g/mol. The zero-order chi connectivity index (χ0) is 17.3. The van der Waals surface area contributed by atoms with Crippen LogP contribution < -0.4 is 4.74 Å². The van der Waals surface area contributed by atoms with Crippen LogP contribution in [0.1, 0.15) is 38.2 Å². The van der Waals surface area contributed by atoms with Crippen molar-refractivity contribution in [3.05, 3.63) is 29.8 Å². The number of carbonyl (C=O) groups excluding carboxylic acids is 1. The predicted octanol–water partition coefficient (Wildman–Crippen LogP) is 5.23. The van der Waals surface area contributed by atoms with Crippen LogP contribution in [-0.4, -0.2) is 25.1 Å². The number of rotatable bonds is 9. The maximum Gasteiger partial charge on any atom is 0.514 e. The van der Waals surface area contributed by atoms with Crippen molar-refractivity contribution in [3.8, 4) is 5.75 Å². The van der Waals surface area contributed by atoms with Crippen LogP contribution in [0, 0.1) is 0 Å². The molecule has 0 aliphatic rings. The summed E-state index contributed by atoms with van der Waals surface area (Å²) < 4.78 is 58.2. The first-order valence-corrected chi connectivity index (χ1v) is 7.45. The van der Waals surface area contributed by atoms with Crippen molar-refractivity contribution >= 4 is 6.16 Å². The van der Waals surface area contributed by atoms with Crippen molar-refractivity contribution in [3.63, 3.8) is 0 Å². The van der Waals surface area contributed by atoms with Crippen LogP contribution in [0.5, 0.6) is 5.75 Å². The van der Waals surface area contributed by atoms with Gasteiger partial charge in [-0.25, -0.2) is 13.6 Å². The number of aryl methyl sites for hydroxylation is 1. The third kappa shape index (κ3) is 6.88. The highest BCUT2D eigenvalue weighted by Gasteiger charge is 2.42. The molecular formula is C16H20F4O3. The smallest absolute Gasteiger partial charge is 0.427 e. The van der Waals surface area contributed by atoms with E-state index in [0.29, 0.717) is 6.42 Å². The standard InChI is InChI=1S/C16H20F4O3/c1-2-3-4-5-8-12-9-6-7-10-13(12)23-15(21)22-11-16(19,20)14(17)18/h6-7,9-10,14H,2-5,8,11H2,1H3. The van der Waals surface area contributed by atoms with Crippen LogP contribution in [0.3, 0.4) is 0 Å². The third-order valence-electron chi connectivity index (χ3n) is 3.17.